The summed E-state index contributed by atoms with van der Waals surface area (Å²) in [6.07, 6.45) is -0.984. The molecule has 0 aliphatic carbocycles. The Morgan fingerprint density at radius 3 is 2.45 bits per heavy atom. The van der Waals surface area contributed by atoms with Gasteiger partial charge in [-0.3, -0.25) is 9.59 Å². The highest BCUT2D eigenvalue weighted by atomic mass is 35.5. The number of halogens is 4. The molecule has 2 saturated heterocycles. The van der Waals surface area contributed by atoms with E-state index in [9.17, 15) is 36.0 Å². The largest absolute Gasteiger partial charge is 0.416 e. The van der Waals surface area contributed by atoms with Gasteiger partial charge in [-0.1, -0.05) is 11.6 Å². The highest BCUT2D eigenvalue weighted by Gasteiger charge is 2.35. The number of carbonyl (C=O) groups is 3. The SMILES string of the molecule is O=C(NCC1CCCN1C(=O)CN1CCCC(NS(=O)(=O)/C=C/c2ccc(Cl)s2)C1=O)Nc1ccc(C(F)(F)F)cc1. The number of alkyl halides is 3. The van der Waals surface area contributed by atoms with Crippen molar-refractivity contribution >= 4 is 62.6 Å². The van der Waals surface area contributed by atoms with Crippen LogP contribution in [-0.2, 0) is 25.8 Å². The van der Waals surface area contributed by atoms with Crippen LogP contribution < -0.4 is 15.4 Å². The van der Waals surface area contributed by atoms with Crippen LogP contribution in [-0.4, -0.2) is 74.3 Å². The summed E-state index contributed by atoms with van der Waals surface area (Å²) >= 11 is 7.07. The number of rotatable bonds is 9. The van der Waals surface area contributed by atoms with Crippen LogP contribution in [0.15, 0.2) is 41.8 Å². The minimum Gasteiger partial charge on any atom is -0.336 e. The van der Waals surface area contributed by atoms with Gasteiger partial charge < -0.3 is 20.4 Å². The normalized spacial score (nSPS) is 19.9. The van der Waals surface area contributed by atoms with Crippen LogP contribution in [0.3, 0.4) is 0 Å². The van der Waals surface area contributed by atoms with Crippen molar-refractivity contribution in [3.63, 3.8) is 0 Å². The minimum atomic E-state index is -4.48. The number of likely N-dealkylation sites (tertiary alicyclic amines) is 2. The molecule has 0 radical (unpaired) electrons. The third-order valence-corrected chi connectivity index (χ3v) is 9.14. The van der Waals surface area contributed by atoms with Gasteiger partial charge in [-0.05, 0) is 68.2 Å². The second kappa shape index (κ2) is 13.4. The van der Waals surface area contributed by atoms with Gasteiger partial charge >= 0.3 is 12.2 Å². The Balaban J connectivity index is 1.27. The number of piperidine rings is 1. The van der Waals surface area contributed by atoms with Gasteiger partial charge in [0, 0.05) is 41.6 Å². The molecule has 1 aromatic carbocycles. The summed E-state index contributed by atoms with van der Waals surface area (Å²) < 4.78 is 66.2. The van der Waals surface area contributed by atoms with Crippen molar-refractivity contribution in [2.45, 2.75) is 43.9 Å². The standard InChI is InChI=1S/C26H29ClF3N5O5S2/c27-22-10-9-20(41-22)11-14-42(39,40)33-21-4-2-12-34(24(21)37)16-23(36)35-13-1-3-19(35)15-31-25(38)32-18-7-5-17(6-8-18)26(28,29)30/h5-11,14,19,21,33H,1-4,12-13,15-16H2,(H2,31,32,38)/b14-11+. The molecule has 3 N–H and O–H groups in total. The maximum Gasteiger partial charge on any atom is 0.416 e. The van der Waals surface area contributed by atoms with Gasteiger partial charge in [0.05, 0.1) is 16.4 Å². The first-order valence-electron chi connectivity index (χ1n) is 13.1. The van der Waals surface area contributed by atoms with E-state index in [4.69, 9.17) is 11.6 Å². The smallest absolute Gasteiger partial charge is 0.336 e. The zero-order valence-corrected chi connectivity index (χ0v) is 24.6. The van der Waals surface area contributed by atoms with E-state index in [-0.39, 0.29) is 30.7 Å². The van der Waals surface area contributed by atoms with Crippen molar-refractivity contribution in [1.82, 2.24) is 19.8 Å². The fourth-order valence-electron chi connectivity index (χ4n) is 4.78. The van der Waals surface area contributed by atoms with Crippen molar-refractivity contribution in [2.24, 2.45) is 0 Å². The minimum absolute atomic E-state index is 0.108. The average Bonchev–Trinajstić information content (AvgIpc) is 3.57. The van der Waals surface area contributed by atoms with Crippen LogP contribution in [0.2, 0.25) is 4.34 Å². The Morgan fingerprint density at radius 2 is 1.79 bits per heavy atom. The number of nitrogens with one attached hydrogen (secondary N) is 3. The average molecular weight is 648 g/mol. The first-order chi connectivity index (χ1) is 19.8. The number of nitrogens with zero attached hydrogens (tertiary/aromatic N) is 2. The quantitative estimate of drug-likeness (QED) is 0.378. The summed E-state index contributed by atoms with van der Waals surface area (Å²) in [5.41, 5.74) is -0.652. The molecule has 2 atom stereocenters. The van der Waals surface area contributed by atoms with E-state index in [2.05, 4.69) is 15.4 Å². The van der Waals surface area contributed by atoms with E-state index < -0.39 is 39.7 Å². The first-order valence-corrected chi connectivity index (χ1v) is 15.8. The zero-order valence-electron chi connectivity index (χ0n) is 22.2. The van der Waals surface area contributed by atoms with Gasteiger partial charge in [0.15, 0.2) is 0 Å². The molecule has 2 aliphatic rings. The van der Waals surface area contributed by atoms with Crippen molar-refractivity contribution in [2.75, 3.05) is 31.5 Å². The first kappa shape index (κ1) is 31.8. The molecule has 10 nitrogen and oxygen atoms in total. The Kier molecular flexibility index (Phi) is 10.2. The molecule has 16 heteroatoms. The third-order valence-electron chi connectivity index (χ3n) is 6.83. The van der Waals surface area contributed by atoms with Crippen LogP contribution in [0.25, 0.3) is 6.08 Å². The van der Waals surface area contributed by atoms with Crippen molar-refractivity contribution in [1.29, 1.82) is 0 Å². The van der Waals surface area contributed by atoms with Crippen LogP contribution >= 0.6 is 22.9 Å². The number of hydrogen-bond acceptors (Lipinski definition) is 6. The second-order valence-corrected chi connectivity index (χ2v) is 13.2. The van der Waals surface area contributed by atoms with Gasteiger partial charge in [0.25, 0.3) is 0 Å². The molecule has 2 aromatic rings. The molecule has 0 bridgehead atoms. The van der Waals surface area contributed by atoms with E-state index >= 15 is 0 Å². The summed E-state index contributed by atoms with van der Waals surface area (Å²) in [6.45, 7) is 0.616. The lowest BCUT2D eigenvalue weighted by molar-refractivity contribution is -0.143. The molecule has 0 saturated carbocycles. The van der Waals surface area contributed by atoms with Crippen molar-refractivity contribution in [3.05, 3.63) is 56.6 Å². The van der Waals surface area contributed by atoms with E-state index in [0.717, 1.165) is 29.7 Å². The molecule has 1 aromatic heterocycles. The van der Waals surface area contributed by atoms with Crippen molar-refractivity contribution in [3.8, 4) is 0 Å². The highest BCUT2D eigenvalue weighted by Crippen LogP contribution is 2.30. The molecule has 4 rings (SSSR count). The lowest BCUT2D eigenvalue weighted by Gasteiger charge is -2.34. The lowest BCUT2D eigenvalue weighted by Crippen LogP contribution is -2.55. The van der Waals surface area contributed by atoms with Crippen LogP contribution in [0.5, 0.6) is 0 Å². The Labute approximate surface area is 249 Å². The van der Waals surface area contributed by atoms with Crippen LogP contribution in [0.1, 0.15) is 36.1 Å². The van der Waals surface area contributed by atoms with Crippen molar-refractivity contribution < 1.29 is 36.0 Å². The number of carbonyl (C=O) groups excluding carboxylic acids is 3. The third kappa shape index (κ3) is 8.69. The highest BCUT2D eigenvalue weighted by molar-refractivity contribution is 7.92. The molecule has 2 fully saturated rings. The summed E-state index contributed by atoms with van der Waals surface area (Å²) in [4.78, 5) is 42.0. The number of benzene rings is 1. The molecule has 2 unspecified atom stereocenters. The summed E-state index contributed by atoms with van der Waals surface area (Å²) in [5, 5.41) is 6.07. The fourth-order valence-corrected chi connectivity index (χ4v) is 6.85. The number of amides is 4. The maximum atomic E-state index is 13.1. The molecule has 2 aliphatic heterocycles. The fraction of sp³-hybridized carbons (Fsp3) is 0.423. The van der Waals surface area contributed by atoms with Gasteiger partial charge in [0.1, 0.15) is 6.04 Å². The number of anilines is 1. The second-order valence-electron chi connectivity index (χ2n) is 9.86. The summed E-state index contributed by atoms with van der Waals surface area (Å²) in [7, 11) is -3.93. The summed E-state index contributed by atoms with van der Waals surface area (Å²) in [6, 6.07) is 5.37. The zero-order chi connectivity index (χ0) is 30.5. The topological polar surface area (TPSA) is 128 Å². The molecule has 4 amide bonds. The van der Waals surface area contributed by atoms with Gasteiger partial charge in [0.2, 0.25) is 21.8 Å². The Bertz CT molecular complexity index is 1430. The number of sulfonamides is 1. The molecule has 42 heavy (non-hydrogen) atoms. The van der Waals surface area contributed by atoms with E-state index in [1.165, 1.54) is 22.3 Å². The predicted molar refractivity (Wildman–Crippen MR) is 153 cm³/mol. The van der Waals surface area contributed by atoms with Gasteiger partial charge in [-0.15, -0.1) is 11.3 Å². The Morgan fingerprint density at radius 1 is 1.07 bits per heavy atom. The molecule has 228 valence electrons. The maximum absolute atomic E-state index is 13.1. The van der Waals surface area contributed by atoms with Gasteiger partial charge in [-0.2, -0.15) is 17.9 Å². The van der Waals surface area contributed by atoms with Crippen LogP contribution in [0.4, 0.5) is 23.7 Å². The Hall–Kier alpha value is -3.14. The van der Waals surface area contributed by atoms with Crippen LogP contribution in [0, 0.1) is 0 Å². The molecular formula is C26H29ClF3N5O5S2. The number of hydrogen-bond donors (Lipinski definition) is 3. The van der Waals surface area contributed by atoms with E-state index in [1.807, 2.05) is 0 Å². The number of urea groups is 1. The number of thiophene rings is 1. The lowest BCUT2D eigenvalue weighted by atomic mass is 10.1. The van der Waals surface area contributed by atoms with E-state index in [0.29, 0.717) is 48.0 Å². The monoisotopic (exact) mass is 647 g/mol. The summed E-state index contributed by atoms with van der Waals surface area (Å²) in [5.74, 6) is -0.815. The van der Waals surface area contributed by atoms with E-state index in [1.54, 1.807) is 17.0 Å². The predicted octanol–water partition coefficient (Wildman–Crippen LogP) is 4.11. The molecule has 3 heterocycles. The molecular weight excluding hydrogens is 619 g/mol. The molecule has 0 spiro atoms. The van der Waals surface area contributed by atoms with Gasteiger partial charge in [-0.25, -0.2) is 13.2 Å².